The van der Waals surface area contributed by atoms with Gasteiger partial charge in [0, 0.05) is 18.6 Å². The summed E-state index contributed by atoms with van der Waals surface area (Å²) in [5, 5.41) is 9.70. The summed E-state index contributed by atoms with van der Waals surface area (Å²) in [5.41, 5.74) is 0. The predicted octanol–water partition coefficient (Wildman–Crippen LogP) is 1.32. The Kier molecular flexibility index (Phi) is 4.22. The molecule has 0 aromatic rings. The summed E-state index contributed by atoms with van der Waals surface area (Å²) < 4.78 is 0. The molecule has 0 radical (unpaired) electrons. The Morgan fingerprint density at radius 3 is 2.69 bits per heavy atom. The van der Waals surface area contributed by atoms with Crippen LogP contribution in [0.5, 0.6) is 0 Å². The molecule has 3 unspecified atom stereocenters. The fourth-order valence-electron chi connectivity index (χ4n) is 3.23. The van der Waals surface area contributed by atoms with E-state index in [4.69, 9.17) is 0 Å². The van der Waals surface area contributed by atoms with Crippen molar-refractivity contribution in [2.45, 2.75) is 56.7 Å². The molecule has 16 heavy (non-hydrogen) atoms. The van der Waals surface area contributed by atoms with E-state index < -0.39 is 0 Å². The van der Waals surface area contributed by atoms with E-state index in [1.165, 1.54) is 38.8 Å². The van der Waals surface area contributed by atoms with Gasteiger partial charge in [-0.1, -0.05) is 0 Å². The Labute approximate surface area is 99.4 Å². The first-order valence-corrected chi connectivity index (χ1v) is 6.75. The summed E-state index contributed by atoms with van der Waals surface area (Å²) in [6.45, 7) is 2.43. The standard InChI is InChI=1S/C13H26N2O/c1-14-8-4-6-12(14)10-15(2)11-5-3-7-13(16)9-11/h11-13,16H,3-10H2,1-2H3. The SMILES string of the molecule is CN1CCCC1CN(C)C1CCCC(O)C1. The highest BCUT2D eigenvalue weighted by Gasteiger charge is 2.27. The maximum atomic E-state index is 9.70. The normalized spacial score (nSPS) is 37.1. The lowest BCUT2D eigenvalue weighted by molar-refractivity contribution is 0.0639. The molecule has 1 saturated carbocycles. The largest absolute Gasteiger partial charge is 0.393 e. The Bertz CT molecular complexity index is 222. The molecule has 0 aromatic carbocycles. The topological polar surface area (TPSA) is 26.7 Å². The second-order valence-electron chi connectivity index (χ2n) is 5.69. The lowest BCUT2D eigenvalue weighted by atomic mass is 9.92. The summed E-state index contributed by atoms with van der Waals surface area (Å²) in [4.78, 5) is 4.96. The third kappa shape index (κ3) is 2.96. The highest BCUT2D eigenvalue weighted by Crippen LogP contribution is 2.24. The Morgan fingerprint density at radius 1 is 1.25 bits per heavy atom. The van der Waals surface area contributed by atoms with Crippen LogP contribution in [-0.4, -0.2) is 60.3 Å². The van der Waals surface area contributed by atoms with E-state index in [2.05, 4.69) is 23.9 Å². The molecule has 2 rings (SSSR count). The average Bonchev–Trinajstić information content (AvgIpc) is 2.64. The van der Waals surface area contributed by atoms with Crippen molar-refractivity contribution >= 4 is 0 Å². The quantitative estimate of drug-likeness (QED) is 0.786. The van der Waals surface area contributed by atoms with E-state index >= 15 is 0 Å². The minimum atomic E-state index is -0.0532. The van der Waals surface area contributed by atoms with E-state index in [-0.39, 0.29) is 6.10 Å². The van der Waals surface area contributed by atoms with Crippen LogP contribution in [0.15, 0.2) is 0 Å². The van der Waals surface area contributed by atoms with Crippen molar-refractivity contribution in [1.29, 1.82) is 0 Å². The summed E-state index contributed by atoms with van der Waals surface area (Å²) >= 11 is 0. The van der Waals surface area contributed by atoms with Crippen LogP contribution < -0.4 is 0 Å². The molecule has 3 nitrogen and oxygen atoms in total. The Morgan fingerprint density at radius 2 is 2.06 bits per heavy atom. The molecule has 1 aliphatic carbocycles. The summed E-state index contributed by atoms with van der Waals surface area (Å²) in [7, 11) is 4.47. The third-order valence-electron chi connectivity index (χ3n) is 4.41. The van der Waals surface area contributed by atoms with Gasteiger partial charge < -0.3 is 14.9 Å². The molecule has 1 aliphatic heterocycles. The van der Waals surface area contributed by atoms with Gasteiger partial charge in [0.05, 0.1) is 6.10 Å². The maximum Gasteiger partial charge on any atom is 0.0555 e. The fourth-order valence-corrected chi connectivity index (χ4v) is 3.23. The molecule has 0 amide bonds. The Balaban J connectivity index is 1.80. The molecule has 3 atom stereocenters. The van der Waals surface area contributed by atoms with Crippen LogP contribution in [-0.2, 0) is 0 Å². The summed E-state index contributed by atoms with van der Waals surface area (Å²) in [6, 6.07) is 1.35. The Hall–Kier alpha value is -0.120. The van der Waals surface area contributed by atoms with Gasteiger partial charge in [-0.2, -0.15) is 0 Å². The zero-order chi connectivity index (χ0) is 11.5. The van der Waals surface area contributed by atoms with E-state index in [1.54, 1.807) is 0 Å². The smallest absolute Gasteiger partial charge is 0.0555 e. The second kappa shape index (κ2) is 5.48. The minimum absolute atomic E-state index is 0.0532. The van der Waals surface area contributed by atoms with Gasteiger partial charge in [-0.3, -0.25) is 0 Å². The van der Waals surface area contributed by atoms with Crippen LogP contribution in [0.4, 0.5) is 0 Å². The monoisotopic (exact) mass is 226 g/mol. The summed E-state index contributed by atoms with van der Waals surface area (Å²) in [6.07, 6.45) is 7.09. The van der Waals surface area contributed by atoms with Crippen LogP contribution in [0.25, 0.3) is 0 Å². The van der Waals surface area contributed by atoms with Crippen LogP contribution in [0, 0.1) is 0 Å². The van der Waals surface area contributed by atoms with Gasteiger partial charge in [0.25, 0.3) is 0 Å². The number of aliphatic hydroxyl groups is 1. The third-order valence-corrected chi connectivity index (χ3v) is 4.41. The average molecular weight is 226 g/mol. The maximum absolute atomic E-state index is 9.70. The molecule has 1 saturated heterocycles. The van der Waals surface area contributed by atoms with Gasteiger partial charge in [-0.15, -0.1) is 0 Å². The first-order chi connectivity index (χ1) is 7.66. The number of aliphatic hydroxyl groups excluding tert-OH is 1. The van der Waals surface area contributed by atoms with Gasteiger partial charge in [0.15, 0.2) is 0 Å². The lowest BCUT2D eigenvalue weighted by Gasteiger charge is -2.36. The first-order valence-electron chi connectivity index (χ1n) is 6.75. The van der Waals surface area contributed by atoms with E-state index in [1.807, 2.05) is 0 Å². The summed E-state index contributed by atoms with van der Waals surface area (Å²) in [5.74, 6) is 0. The number of likely N-dealkylation sites (N-methyl/N-ethyl adjacent to an activating group) is 2. The number of rotatable bonds is 3. The fraction of sp³-hybridized carbons (Fsp3) is 1.00. The highest BCUT2D eigenvalue weighted by atomic mass is 16.3. The van der Waals surface area contributed by atoms with Crippen LogP contribution in [0.2, 0.25) is 0 Å². The molecular weight excluding hydrogens is 200 g/mol. The molecular formula is C13H26N2O. The minimum Gasteiger partial charge on any atom is -0.393 e. The molecule has 94 valence electrons. The van der Waals surface area contributed by atoms with Crippen molar-refractivity contribution in [2.24, 2.45) is 0 Å². The molecule has 3 heteroatoms. The van der Waals surface area contributed by atoms with Crippen molar-refractivity contribution in [2.75, 3.05) is 27.2 Å². The van der Waals surface area contributed by atoms with E-state index in [9.17, 15) is 5.11 Å². The number of likely N-dealkylation sites (tertiary alicyclic amines) is 1. The van der Waals surface area contributed by atoms with Gasteiger partial charge in [-0.25, -0.2) is 0 Å². The number of hydrogen-bond donors (Lipinski definition) is 1. The highest BCUT2D eigenvalue weighted by molar-refractivity contribution is 4.84. The first kappa shape index (κ1) is 12.3. The van der Waals surface area contributed by atoms with Crippen molar-refractivity contribution in [3.63, 3.8) is 0 Å². The van der Waals surface area contributed by atoms with Crippen LogP contribution in [0.3, 0.4) is 0 Å². The van der Waals surface area contributed by atoms with Crippen molar-refractivity contribution in [3.8, 4) is 0 Å². The lowest BCUT2D eigenvalue weighted by Crippen LogP contribution is -2.44. The molecule has 2 aliphatic rings. The van der Waals surface area contributed by atoms with E-state index in [0.717, 1.165) is 18.9 Å². The molecule has 2 fully saturated rings. The molecule has 0 spiro atoms. The number of hydrogen-bond acceptors (Lipinski definition) is 3. The molecule has 0 aromatic heterocycles. The molecule has 1 N–H and O–H groups in total. The molecule has 1 heterocycles. The van der Waals surface area contributed by atoms with Crippen molar-refractivity contribution in [1.82, 2.24) is 9.80 Å². The zero-order valence-electron chi connectivity index (χ0n) is 10.7. The van der Waals surface area contributed by atoms with Crippen LogP contribution >= 0.6 is 0 Å². The van der Waals surface area contributed by atoms with Crippen molar-refractivity contribution < 1.29 is 5.11 Å². The van der Waals surface area contributed by atoms with Gasteiger partial charge in [-0.05, 0) is 59.2 Å². The van der Waals surface area contributed by atoms with E-state index in [0.29, 0.717) is 6.04 Å². The van der Waals surface area contributed by atoms with Crippen molar-refractivity contribution in [3.05, 3.63) is 0 Å². The second-order valence-corrected chi connectivity index (χ2v) is 5.69. The zero-order valence-corrected chi connectivity index (χ0v) is 10.7. The number of nitrogens with zero attached hydrogens (tertiary/aromatic N) is 2. The predicted molar refractivity (Wildman–Crippen MR) is 66.5 cm³/mol. The van der Waals surface area contributed by atoms with Gasteiger partial charge in [0.1, 0.15) is 0 Å². The van der Waals surface area contributed by atoms with Gasteiger partial charge in [0.2, 0.25) is 0 Å². The molecule has 0 bridgehead atoms. The van der Waals surface area contributed by atoms with Gasteiger partial charge >= 0.3 is 0 Å². The van der Waals surface area contributed by atoms with Crippen LogP contribution in [0.1, 0.15) is 38.5 Å².